The summed E-state index contributed by atoms with van der Waals surface area (Å²) in [6.07, 6.45) is 4.20. The second-order valence-electron chi connectivity index (χ2n) is 4.07. The van der Waals surface area contributed by atoms with Gasteiger partial charge in [-0.3, -0.25) is 4.79 Å². The molecule has 1 fully saturated rings. The number of hydrogen-bond donors (Lipinski definition) is 0. The minimum Gasteiger partial charge on any atom is -0.467 e. The van der Waals surface area contributed by atoms with Gasteiger partial charge in [-0.15, -0.1) is 5.06 Å². The molecule has 0 spiro atoms. The zero-order valence-corrected chi connectivity index (χ0v) is 9.54. The highest BCUT2D eigenvalue weighted by atomic mass is 16.7. The molecule has 0 saturated carbocycles. The molecular weight excluding hydrogens is 224 g/mol. The predicted octanol–water partition coefficient (Wildman–Crippen LogP) is 0.160. The van der Waals surface area contributed by atoms with Crippen molar-refractivity contribution in [2.24, 2.45) is 5.92 Å². The quantitative estimate of drug-likeness (QED) is 0.502. The van der Waals surface area contributed by atoms with Crippen molar-refractivity contribution in [1.82, 2.24) is 5.06 Å². The number of nitrogens with zero attached hydrogens (tertiary/aromatic N) is 2. The molecule has 0 aromatic rings. The lowest BCUT2D eigenvalue weighted by molar-refractivity contribution is -0.217. The number of carbonyl (C=O) groups excluding carboxylic acids is 2. The van der Waals surface area contributed by atoms with Gasteiger partial charge in [0.15, 0.2) is 0 Å². The highest BCUT2D eigenvalue weighted by Gasteiger charge is 2.63. The zero-order valence-electron chi connectivity index (χ0n) is 9.54. The molecule has 1 saturated heterocycles. The molecule has 3 atom stereocenters. The van der Waals surface area contributed by atoms with E-state index < -0.39 is 17.5 Å². The number of carbonyl (C=O) groups is 2. The van der Waals surface area contributed by atoms with E-state index in [-0.39, 0.29) is 12.0 Å². The number of hydroxylamine groups is 2. The lowest BCUT2D eigenvalue weighted by atomic mass is 9.87. The summed E-state index contributed by atoms with van der Waals surface area (Å²) in [4.78, 5) is 27.9. The maximum atomic E-state index is 11.8. The summed E-state index contributed by atoms with van der Waals surface area (Å²) >= 11 is 0. The lowest BCUT2D eigenvalue weighted by Crippen LogP contribution is -2.56. The summed E-state index contributed by atoms with van der Waals surface area (Å²) in [6.45, 7) is 1.23. The number of esters is 1. The first kappa shape index (κ1) is 11.6. The lowest BCUT2D eigenvalue weighted by Gasteiger charge is -2.34. The van der Waals surface area contributed by atoms with E-state index in [1.807, 2.05) is 12.1 Å². The Kier molecular flexibility index (Phi) is 2.63. The van der Waals surface area contributed by atoms with E-state index in [0.717, 1.165) is 5.06 Å². The van der Waals surface area contributed by atoms with Gasteiger partial charge in [-0.05, 0) is 6.42 Å². The molecule has 1 aliphatic carbocycles. The van der Waals surface area contributed by atoms with Crippen LogP contribution in [0.5, 0.6) is 0 Å². The highest BCUT2D eigenvalue weighted by Crippen LogP contribution is 2.45. The van der Waals surface area contributed by atoms with Crippen LogP contribution < -0.4 is 0 Å². The second kappa shape index (κ2) is 3.86. The molecule has 90 valence electrons. The molecule has 0 aromatic carbocycles. The molecule has 0 unspecified atom stereocenters. The van der Waals surface area contributed by atoms with Crippen LogP contribution in [0, 0.1) is 17.2 Å². The summed E-state index contributed by atoms with van der Waals surface area (Å²) in [5.41, 5.74) is -1.54. The summed E-state index contributed by atoms with van der Waals surface area (Å²) in [5, 5.41) is 10.5. The number of rotatable bonds is 2. The van der Waals surface area contributed by atoms with Crippen molar-refractivity contribution in [3.05, 3.63) is 12.2 Å². The molecule has 0 N–H and O–H groups in total. The number of ether oxygens (including phenoxy) is 1. The molecule has 0 aromatic heterocycles. The van der Waals surface area contributed by atoms with Gasteiger partial charge < -0.3 is 9.57 Å². The third kappa shape index (κ3) is 1.43. The highest BCUT2D eigenvalue weighted by molar-refractivity contribution is 5.86. The zero-order chi connectivity index (χ0) is 12.6. The molecule has 6 nitrogen and oxygen atoms in total. The van der Waals surface area contributed by atoms with Crippen LogP contribution in [0.4, 0.5) is 0 Å². The number of fused-ring (bicyclic) bond motifs is 2. The molecular formula is C11H12N2O4. The topological polar surface area (TPSA) is 79.6 Å². The fourth-order valence-electron chi connectivity index (χ4n) is 2.44. The summed E-state index contributed by atoms with van der Waals surface area (Å²) in [6, 6.07) is 1.70. The third-order valence-electron chi connectivity index (χ3n) is 3.14. The molecule has 6 heteroatoms. The van der Waals surface area contributed by atoms with Gasteiger partial charge in [0.1, 0.15) is 6.07 Å². The summed E-state index contributed by atoms with van der Waals surface area (Å²) < 4.78 is 4.66. The van der Waals surface area contributed by atoms with Crippen molar-refractivity contribution in [3.8, 4) is 6.07 Å². The standard InChI is InChI=1S/C11H12N2O4/c1-7(14)17-13-9-4-3-8(5-9)11(13,6-12)10(15)16-2/h3-4,8-9H,5H2,1-2H3/t8-,9+,11-/m0/s1. The minimum atomic E-state index is -1.54. The first-order valence-electron chi connectivity index (χ1n) is 5.22. The van der Waals surface area contributed by atoms with Gasteiger partial charge in [0.2, 0.25) is 5.54 Å². The molecule has 1 heterocycles. The van der Waals surface area contributed by atoms with Gasteiger partial charge in [0.05, 0.1) is 13.2 Å². The van der Waals surface area contributed by atoms with Crippen LogP contribution in [0.3, 0.4) is 0 Å². The average molecular weight is 236 g/mol. The molecule has 2 aliphatic rings. The van der Waals surface area contributed by atoms with E-state index >= 15 is 0 Å². The second-order valence-corrected chi connectivity index (χ2v) is 4.07. The Hall–Kier alpha value is -1.87. The van der Waals surface area contributed by atoms with Crippen molar-refractivity contribution < 1.29 is 19.2 Å². The summed E-state index contributed by atoms with van der Waals surface area (Å²) in [7, 11) is 1.21. The first-order valence-corrected chi connectivity index (χ1v) is 5.22. The molecule has 0 radical (unpaired) electrons. The van der Waals surface area contributed by atoms with Gasteiger partial charge in [-0.1, -0.05) is 12.2 Å². The Morgan fingerprint density at radius 3 is 2.76 bits per heavy atom. The minimum absolute atomic E-state index is 0.234. The Balaban J connectivity index is 2.42. The van der Waals surface area contributed by atoms with Crippen molar-refractivity contribution in [2.75, 3.05) is 7.11 Å². The predicted molar refractivity (Wildman–Crippen MR) is 55.0 cm³/mol. The van der Waals surface area contributed by atoms with E-state index in [1.54, 1.807) is 6.08 Å². The van der Waals surface area contributed by atoms with Crippen LogP contribution in [0.2, 0.25) is 0 Å². The molecule has 2 rings (SSSR count). The number of methoxy groups -OCH3 is 1. The van der Waals surface area contributed by atoms with Gasteiger partial charge in [-0.25, -0.2) is 4.79 Å². The van der Waals surface area contributed by atoms with Gasteiger partial charge in [0.25, 0.3) is 0 Å². The van der Waals surface area contributed by atoms with Crippen LogP contribution in [0.1, 0.15) is 13.3 Å². The maximum Gasteiger partial charge on any atom is 0.345 e. The SMILES string of the molecule is COC(=O)[C@]1(C#N)[C@H]2C=C[C@H](C2)N1OC(C)=O. The Bertz CT molecular complexity index is 439. The third-order valence-corrected chi connectivity index (χ3v) is 3.14. The van der Waals surface area contributed by atoms with Crippen molar-refractivity contribution >= 4 is 11.9 Å². The van der Waals surface area contributed by atoms with Crippen LogP contribution in [0.15, 0.2) is 12.2 Å². The van der Waals surface area contributed by atoms with Crippen molar-refractivity contribution in [2.45, 2.75) is 24.9 Å². The Labute approximate surface area is 98.3 Å². The molecule has 0 amide bonds. The molecule has 1 aliphatic heterocycles. The fourth-order valence-corrected chi connectivity index (χ4v) is 2.44. The first-order chi connectivity index (χ1) is 8.06. The van der Waals surface area contributed by atoms with E-state index in [2.05, 4.69) is 4.74 Å². The number of nitriles is 1. The maximum absolute atomic E-state index is 11.8. The van der Waals surface area contributed by atoms with Crippen LogP contribution in [-0.4, -0.2) is 35.7 Å². The molecule has 2 bridgehead atoms. The number of hydrogen-bond acceptors (Lipinski definition) is 6. The smallest absolute Gasteiger partial charge is 0.345 e. The van der Waals surface area contributed by atoms with E-state index in [1.165, 1.54) is 14.0 Å². The monoisotopic (exact) mass is 236 g/mol. The molecule has 17 heavy (non-hydrogen) atoms. The van der Waals surface area contributed by atoms with Crippen LogP contribution in [-0.2, 0) is 19.2 Å². The fraction of sp³-hybridized carbons (Fsp3) is 0.545. The Morgan fingerprint density at radius 2 is 2.24 bits per heavy atom. The van der Waals surface area contributed by atoms with Crippen LogP contribution >= 0.6 is 0 Å². The van der Waals surface area contributed by atoms with Gasteiger partial charge in [0, 0.05) is 12.8 Å². The van der Waals surface area contributed by atoms with E-state index in [9.17, 15) is 14.9 Å². The van der Waals surface area contributed by atoms with Gasteiger partial charge in [-0.2, -0.15) is 5.26 Å². The van der Waals surface area contributed by atoms with E-state index in [4.69, 9.17) is 4.84 Å². The largest absolute Gasteiger partial charge is 0.467 e. The van der Waals surface area contributed by atoms with Crippen molar-refractivity contribution in [3.63, 3.8) is 0 Å². The average Bonchev–Trinajstić information content (AvgIpc) is 2.87. The normalized spacial score (nSPS) is 34.4. The van der Waals surface area contributed by atoms with Gasteiger partial charge >= 0.3 is 11.9 Å². The Morgan fingerprint density at radius 1 is 1.53 bits per heavy atom. The van der Waals surface area contributed by atoms with E-state index in [0.29, 0.717) is 6.42 Å². The van der Waals surface area contributed by atoms with Crippen molar-refractivity contribution in [1.29, 1.82) is 5.26 Å². The van der Waals surface area contributed by atoms with Crippen LogP contribution in [0.25, 0.3) is 0 Å². The summed E-state index contributed by atoms with van der Waals surface area (Å²) in [5.74, 6) is -1.56.